The van der Waals surface area contributed by atoms with Gasteiger partial charge >= 0.3 is 17.9 Å². The molecule has 0 aliphatic heterocycles. The van der Waals surface area contributed by atoms with E-state index in [0.29, 0.717) is 0 Å². The SMILES string of the molecule is CC(C)[C@H](NC(=O)[C@H](CCC(=O)O)NC(=O)CC[C@H](N)C(=O)O)C(=O)O. The zero-order chi connectivity index (χ0) is 20.4. The third-order valence-corrected chi connectivity index (χ3v) is 3.53. The Labute approximate surface area is 149 Å². The summed E-state index contributed by atoms with van der Waals surface area (Å²) in [7, 11) is 0. The van der Waals surface area contributed by atoms with Crippen molar-refractivity contribution in [1.82, 2.24) is 10.6 Å². The van der Waals surface area contributed by atoms with Gasteiger partial charge in [0.2, 0.25) is 11.8 Å². The third-order valence-electron chi connectivity index (χ3n) is 3.53. The molecule has 7 N–H and O–H groups in total. The molecule has 0 heterocycles. The standard InChI is InChI=1S/C15H25N3O8/c1-7(2)12(15(25)26)18-13(22)9(4-6-11(20)21)17-10(19)5-3-8(16)14(23)24/h7-9,12H,3-6,16H2,1-2H3,(H,17,19)(H,18,22)(H,20,21)(H,23,24)(H,25,26)/t8-,9-,12-/m0/s1. The summed E-state index contributed by atoms with van der Waals surface area (Å²) in [6, 6.07) is -3.71. The Morgan fingerprint density at radius 1 is 0.885 bits per heavy atom. The van der Waals surface area contributed by atoms with Gasteiger partial charge in [0.05, 0.1) is 0 Å². The van der Waals surface area contributed by atoms with Gasteiger partial charge in [-0.15, -0.1) is 0 Å². The number of hydrogen-bond donors (Lipinski definition) is 6. The van der Waals surface area contributed by atoms with Gasteiger partial charge in [-0.1, -0.05) is 13.8 Å². The smallest absolute Gasteiger partial charge is 0.326 e. The van der Waals surface area contributed by atoms with Gasteiger partial charge in [0, 0.05) is 12.8 Å². The molecule has 11 nitrogen and oxygen atoms in total. The van der Waals surface area contributed by atoms with Crippen LogP contribution >= 0.6 is 0 Å². The van der Waals surface area contributed by atoms with Crippen molar-refractivity contribution in [3.8, 4) is 0 Å². The zero-order valence-corrected chi connectivity index (χ0v) is 14.6. The van der Waals surface area contributed by atoms with Crippen LogP contribution in [0.25, 0.3) is 0 Å². The summed E-state index contributed by atoms with van der Waals surface area (Å²) in [5.41, 5.74) is 5.28. The minimum absolute atomic E-state index is 0.168. The van der Waals surface area contributed by atoms with E-state index < -0.39 is 60.2 Å². The fourth-order valence-electron chi connectivity index (χ4n) is 1.98. The van der Waals surface area contributed by atoms with Crippen LogP contribution < -0.4 is 16.4 Å². The quantitative estimate of drug-likeness (QED) is 0.241. The van der Waals surface area contributed by atoms with E-state index in [1.54, 1.807) is 13.8 Å². The molecule has 0 spiro atoms. The average molecular weight is 375 g/mol. The van der Waals surface area contributed by atoms with Gasteiger partial charge in [-0.05, 0) is 18.8 Å². The van der Waals surface area contributed by atoms with Crippen LogP contribution in [0.4, 0.5) is 0 Å². The molecule has 0 rings (SSSR count). The normalized spacial score (nSPS) is 14.2. The molecular formula is C15H25N3O8. The molecule has 0 saturated carbocycles. The fourth-order valence-corrected chi connectivity index (χ4v) is 1.98. The van der Waals surface area contributed by atoms with Gasteiger partial charge in [0.15, 0.2) is 0 Å². The van der Waals surface area contributed by atoms with Crippen molar-refractivity contribution < 1.29 is 39.3 Å². The Morgan fingerprint density at radius 3 is 1.88 bits per heavy atom. The molecule has 2 amide bonds. The Kier molecular flexibility index (Phi) is 9.89. The lowest BCUT2D eigenvalue weighted by atomic mass is 10.0. The number of carbonyl (C=O) groups is 5. The maximum Gasteiger partial charge on any atom is 0.326 e. The molecule has 0 unspecified atom stereocenters. The van der Waals surface area contributed by atoms with Crippen LogP contribution in [0.3, 0.4) is 0 Å². The molecule has 0 aliphatic carbocycles. The Balaban J connectivity index is 4.94. The minimum atomic E-state index is -1.28. The molecule has 0 aromatic rings. The van der Waals surface area contributed by atoms with E-state index in [4.69, 9.17) is 21.1 Å². The maximum absolute atomic E-state index is 12.3. The average Bonchev–Trinajstić information content (AvgIpc) is 2.52. The number of nitrogens with one attached hydrogen (secondary N) is 2. The molecule has 0 radical (unpaired) electrons. The van der Waals surface area contributed by atoms with Crippen LogP contribution in [0.15, 0.2) is 0 Å². The van der Waals surface area contributed by atoms with Crippen molar-refractivity contribution >= 4 is 29.7 Å². The summed E-state index contributed by atoms with van der Waals surface area (Å²) in [4.78, 5) is 56.6. The van der Waals surface area contributed by atoms with Crippen LogP contribution in [0.2, 0.25) is 0 Å². The predicted molar refractivity (Wildman–Crippen MR) is 88.1 cm³/mol. The zero-order valence-electron chi connectivity index (χ0n) is 14.6. The molecule has 148 valence electrons. The lowest BCUT2D eigenvalue weighted by Gasteiger charge is -2.23. The van der Waals surface area contributed by atoms with Crippen LogP contribution in [-0.2, 0) is 24.0 Å². The first-order valence-corrected chi connectivity index (χ1v) is 7.98. The monoisotopic (exact) mass is 375 g/mol. The fraction of sp³-hybridized carbons (Fsp3) is 0.667. The van der Waals surface area contributed by atoms with Gasteiger partial charge in [0.25, 0.3) is 0 Å². The first-order valence-electron chi connectivity index (χ1n) is 7.98. The Morgan fingerprint density at radius 2 is 1.46 bits per heavy atom. The summed E-state index contributed by atoms with van der Waals surface area (Å²) < 4.78 is 0. The molecular weight excluding hydrogens is 350 g/mol. The largest absolute Gasteiger partial charge is 0.481 e. The molecule has 0 aromatic carbocycles. The van der Waals surface area contributed by atoms with Crippen LogP contribution in [0.1, 0.15) is 39.5 Å². The van der Waals surface area contributed by atoms with E-state index in [-0.39, 0.29) is 19.3 Å². The summed E-state index contributed by atoms with van der Waals surface area (Å²) in [6.45, 7) is 3.16. The summed E-state index contributed by atoms with van der Waals surface area (Å²) >= 11 is 0. The van der Waals surface area contributed by atoms with Crippen LogP contribution in [-0.4, -0.2) is 63.2 Å². The summed E-state index contributed by atoms with van der Waals surface area (Å²) in [6.07, 6.45) is -1.12. The number of amides is 2. The summed E-state index contributed by atoms with van der Waals surface area (Å²) in [5, 5.41) is 31.1. The first-order chi connectivity index (χ1) is 12.0. The second kappa shape index (κ2) is 11.0. The van der Waals surface area contributed by atoms with Crippen molar-refractivity contribution in [2.45, 2.75) is 57.7 Å². The minimum Gasteiger partial charge on any atom is -0.481 e. The maximum atomic E-state index is 12.3. The van der Waals surface area contributed by atoms with Gasteiger partial charge in [0.1, 0.15) is 18.1 Å². The van der Waals surface area contributed by atoms with E-state index >= 15 is 0 Å². The molecule has 0 aliphatic rings. The molecule has 0 fully saturated rings. The van der Waals surface area contributed by atoms with Crippen molar-refractivity contribution in [1.29, 1.82) is 0 Å². The van der Waals surface area contributed by atoms with E-state index in [2.05, 4.69) is 10.6 Å². The third kappa shape index (κ3) is 8.97. The van der Waals surface area contributed by atoms with Crippen LogP contribution in [0.5, 0.6) is 0 Å². The van der Waals surface area contributed by atoms with E-state index in [9.17, 15) is 24.0 Å². The number of carboxylic acids is 3. The number of carbonyl (C=O) groups excluding carboxylic acids is 2. The number of rotatable bonds is 12. The van der Waals surface area contributed by atoms with Gasteiger partial charge < -0.3 is 31.7 Å². The van der Waals surface area contributed by atoms with Gasteiger partial charge in [-0.2, -0.15) is 0 Å². The molecule has 26 heavy (non-hydrogen) atoms. The summed E-state index contributed by atoms with van der Waals surface area (Å²) in [5.74, 6) is -5.68. The molecule has 0 saturated heterocycles. The van der Waals surface area contributed by atoms with E-state index in [1.165, 1.54) is 0 Å². The Hall–Kier alpha value is -2.69. The second-order valence-electron chi connectivity index (χ2n) is 6.10. The highest BCUT2D eigenvalue weighted by Crippen LogP contribution is 2.06. The lowest BCUT2D eigenvalue weighted by Crippen LogP contribution is -2.53. The molecule has 3 atom stereocenters. The Bertz CT molecular complexity index is 549. The van der Waals surface area contributed by atoms with Crippen molar-refractivity contribution in [3.05, 3.63) is 0 Å². The topological polar surface area (TPSA) is 196 Å². The van der Waals surface area contributed by atoms with Crippen molar-refractivity contribution in [2.75, 3.05) is 0 Å². The number of hydrogen-bond acceptors (Lipinski definition) is 6. The first kappa shape index (κ1) is 23.3. The highest BCUT2D eigenvalue weighted by molar-refractivity contribution is 5.91. The van der Waals surface area contributed by atoms with E-state index in [1.807, 2.05) is 0 Å². The van der Waals surface area contributed by atoms with Crippen LogP contribution in [0, 0.1) is 5.92 Å². The highest BCUT2D eigenvalue weighted by atomic mass is 16.4. The van der Waals surface area contributed by atoms with Gasteiger partial charge in [-0.3, -0.25) is 19.2 Å². The molecule has 0 bridgehead atoms. The number of aliphatic carboxylic acids is 3. The van der Waals surface area contributed by atoms with Crippen molar-refractivity contribution in [2.24, 2.45) is 11.7 Å². The van der Waals surface area contributed by atoms with Gasteiger partial charge in [-0.25, -0.2) is 4.79 Å². The molecule has 0 aromatic heterocycles. The lowest BCUT2D eigenvalue weighted by molar-refractivity contribution is -0.144. The predicted octanol–water partition coefficient (Wildman–Crippen LogP) is -1.25. The highest BCUT2D eigenvalue weighted by Gasteiger charge is 2.29. The van der Waals surface area contributed by atoms with Crippen molar-refractivity contribution in [3.63, 3.8) is 0 Å². The number of nitrogens with two attached hydrogens (primary N) is 1. The molecule has 11 heteroatoms. The number of carboxylic acid groups (broad SMARTS) is 3. The second-order valence-corrected chi connectivity index (χ2v) is 6.10. The van der Waals surface area contributed by atoms with E-state index in [0.717, 1.165) is 0 Å².